The number of thiazole rings is 1. The second kappa shape index (κ2) is 6.50. The van der Waals surface area contributed by atoms with Gasteiger partial charge in [0.2, 0.25) is 5.91 Å². The number of nitrogens with zero attached hydrogens (tertiary/aromatic N) is 1. The Morgan fingerprint density at radius 1 is 1.30 bits per heavy atom. The largest absolute Gasteiger partial charge is 0.353 e. The highest BCUT2D eigenvalue weighted by molar-refractivity contribution is 7.20. The van der Waals surface area contributed by atoms with E-state index in [2.05, 4.69) is 16.4 Å². The van der Waals surface area contributed by atoms with E-state index in [4.69, 9.17) is 0 Å². The van der Waals surface area contributed by atoms with Crippen LogP contribution in [0.15, 0.2) is 22.9 Å². The van der Waals surface area contributed by atoms with Crippen LogP contribution in [0.1, 0.15) is 37.8 Å². The molecule has 0 radical (unpaired) electrons. The van der Waals surface area contributed by atoms with E-state index in [-0.39, 0.29) is 5.91 Å². The zero-order valence-corrected chi connectivity index (χ0v) is 12.9. The second-order valence-corrected chi connectivity index (χ2v) is 7.01. The maximum atomic E-state index is 12.0. The summed E-state index contributed by atoms with van der Waals surface area (Å²) in [6, 6.07) is 4.47. The van der Waals surface area contributed by atoms with Crippen molar-refractivity contribution in [2.75, 3.05) is 0 Å². The molecule has 1 amide bonds. The van der Waals surface area contributed by atoms with Crippen LogP contribution in [0.3, 0.4) is 0 Å². The van der Waals surface area contributed by atoms with Gasteiger partial charge in [-0.25, -0.2) is 4.98 Å². The van der Waals surface area contributed by atoms with Crippen molar-refractivity contribution in [1.82, 2.24) is 10.3 Å². The molecule has 0 unspecified atom stereocenters. The fourth-order valence-corrected chi connectivity index (χ4v) is 4.23. The average Bonchev–Trinajstić information content (AvgIpc) is 3.10. The molecule has 0 bridgehead atoms. The molecule has 2 aromatic heterocycles. The van der Waals surface area contributed by atoms with Gasteiger partial charge >= 0.3 is 0 Å². The second-order valence-electron chi connectivity index (χ2n) is 5.20. The van der Waals surface area contributed by atoms with Crippen LogP contribution in [0.4, 0.5) is 0 Å². The van der Waals surface area contributed by atoms with E-state index in [1.54, 1.807) is 22.7 Å². The standard InChI is InChI=1S/C15H18N2OS2/c18-14(16-11-5-2-1-3-6-11)9-12-10-20-15(17-12)13-7-4-8-19-13/h4,7-8,10-11H,1-3,5-6,9H2,(H,16,18). The van der Waals surface area contributed by atoms with Crippen LogP contribution >= 0.6 is 22.7 Å². The number of amides is 1. The summed E-state index contributed by atoms with van der Waals surface area (Å²) >= 11 is 3.30. The first-order valence-electron chi connectivity index (χ1n) is 7.09. The first kappa shape index (κ1) is 13.8. The van der Waals surface area contributed by atoms with Crippen molar-refractivity contribution in [2.45, 2.75) is 44.6 Å². The topological polar surface area (TPSA) is 42.0 Å². The Hall–Kier alpha value is -1.20. The molecule has 5 heteroatoms. The van der Waals surface area contributed by atoms with Gasteiger partial charge in [-0.15, -0.1) is 22.7 Å². The lowest BCUT2D eigenvalue weighted by atomic mass is 9.95. The van der Waals surface area contributed by atoms with Gasteiger partial charge in [-0.2, -0.15) is 0 Å². The van der Waals surface area contributed by atoms with Gasteiger partial charge in [0, 0.05) is 11.4 Å². The predicted molar refractivity (Wildman–Crippen MR) is 84.1 cm³/mol. The lowest BCUT2D eigenvalue weighted by Crippen LogP contribution is -2.37. The molecule has 1 aliphatic carbocycles. The zero-order chi connectivity index (χ0) is 13.8. The number of carbonyl (C=O) groups excluding carboxylic acids is 1. The first-order valence-corrected chi connectivity index (χ1v) is 8.85. The van der Waals surface area contributed by atoms with E-state index in [1.165, 1.54) is 24.1 Å². The average molecular weight is 306 g/mol. The Labute approximate surface area is 127 Å². The lowest BCUT2D eigenvalue weighted by molar-refractivity contribution is -0.121. The highest BCUT2D eigenvalue weighted by Gasteiger charge is 2.16. The van der Waals surface area contributed by atoms with Gasteiger partial charge in [-0.1, -0.05) is 25.3 Å². The van der Waals surface area contributed by atoms with Crippen LogP contribution in [0.25, 0.3) is 9.88 Å². The molecule has 0 aromatic carbocycles. The molecule has 1 saturated carbocycles. The summed E-state index contributed by atoms with van der Waals surface area (Å²) in [5.41, 5.74) is 0.881. The molecule has 3 nitrogen and oxygen atoms in total. The summed E-state index contributed by atoms with van der Waals surface area (Å²) in [6.07, 6.45) is 6.45. The van der Waals surface area contributed by atoms with Crippen molar-refractivity contribution in [3.05, 3.63) is 28.6 Å². The highest BCUT2D eigenvalue weighted by atomic mass is 32.1. The fourth-order valence-electron chi connectivity index (χ4n) is 2.59. The molecule has 20 heavy (non-hydrogen) atoms. The molecule has 1 fully saturated rings. The molecule has 0 saturated heterocycles. The van der Waals surface area contributed by atoms with Crippen molar-refractivity contribution in [1.29, 1.82) is 0 Å². The van der Waals surface area contributed by atoms with E-state index < -0.39 is 0 Å². The van der Waals surface area contributed by atoms with E-state index >= 15 is 0 Å². The SMILES string of the molecule is O=C(Cc1csc(-c2cccs2)n1)NC1CCCCC1. The van der Waals surface area contributed by atoms with Gasteiger partial charge in [0.15, 0.2) is 0 Å². The summed E-state index contributed by atoms with van der Waals surface area (Å²) in [6.45, 7) is 0. The molecule has 0 atom stereocenters. The van der Waals surface area contributed by atoms with Crippen molar-refractivity contribution < 1.29 is 4.79 Å². The number of hydrogen-bond acceptors (Lipinski definition) is 4. The van der Waals surface area contributed by atoms with E-state index in [9.17, 15) is 4.79 Å². The Kier molecular flexibility index (Phi) is 4.47. The Balaban J connectivity index is 1.56. The molecular formula is C15H18N2OS2. The third-order valence-corrected chi connectivity index (χ3v) is 5.53. The predicted octanol–water partition coefficient (Wildman–Crippen LogP) is 3.86. The van der Waals surface area contributed by atoms with E-state index in [0.29, 0.717) is 12.5 Å². The molecule has 0 aliphatic heterocycles. The molecule has 2 aromatic rings. The summed E-state index contributed by atoms with van der Waals surface area (Å²) in [5, 5.41) is 8.20. The number of thiophene rings is 1. The summed E-state index contributed by atoms with van der Waals surface area (Å²) in [5.74, 6) is 0.111. The van der Waals surface area contributed by atoms with Crippen molar-refractivity contribution >= 4 is 28.6 Å². The molecule has 1 aliphatic rings. The zero-order valence-electron chi connectivity index (χ0n) is 11.3. The number of aromatic nitrogens is 1. The fraction of sp³-hybridized carbons (Fsp3) is 0.467. The van der Waals surface area contributed by atoms with Crippen LogP contribution in [0.2, 0.25) is 0 Å². The molecule has 0 spiro atoms. The highest BCUT2D eigenvalue weighted by Crippen LogP contribution is 2.27. The van der Waals surface area contributed by atoms with Crippen LogP contribution in [0, 0.1) is 0 Å². The van der Waals surface area contributed by atoms with E-state index in [1.807, 2.05) is 16.8 Å². The number of carbonyl (C=O) groups is 1. The quantitative estimate of drug-likeness (QED) is 0.932. The Morgan fingerprint density at radius 2 is 2.15 bits per heavy atom. The summed E-state index contributed by atoms with van der Waals surface area (Å²) in [4.78, 5) is 17.8. The van der Waals surface area contributed by atoms with Crippen LogP contribution in [-0.2, 0) is 11.2 Å². The minimum Gasteiger partial charge on any atom is -0.353 e. The van der Waals surface area contributed by atoms with Gasteiger partial charge in [-0.3, -0.25) is 4.79 Å². The number of hydrogen-bond donors (Lipinski definition) is 1. The van der Waals surface area contributed by atoms with Crippen molar-refractivity contribution in [3.63, 3.8) is 0 Å². The van der Waals surface area contributed by atoms with Crippen molar-refractivity contribution in [2.24, 2.45) is 0 Å². The third-order valence-electron chi connectivity index (χ3n) is 3.60. The van der Waals surface area contributed by atoms with Crippen LogP contribution in [0.5, 0.6) is 0 Å². The monoisotopic (exact) mass is 306 g/mol. The normalized spacial score (nSPS) is 16.2. The smallest absolute Gasteiger partial charge is 0.226 e. The molecular weight excluding hydrogens is 288 g/mol. The van der Waals surface area contributed by atoms with Gasteiger partial charge < -0.3 is 5.32 Å². The number of nitrogens with one attached hydrogen (secondary N) is 1. The Bertz CT molecular complexity index is 556. The van der Waals surface area contributed by atoms with E-state index in [0.717, 1.165) is 23.5 Å². The number of rotatable bonds is 4. The maximum absolute atomic E-state index is 12.0. The van der Waals surface area contributed by atoms with Crippen molar-refractivity contribution in [3.8, 4) is 9.88 Å². The first-order chi connectivity index (χ1) is 9.81. The summed E-state index contributed by atoms with van der Waals surface area (Å²) < 4.78 is 0. The van der Waals surface area contributed by atoms with Crippen LogP contribution in [-0.4, -0.2) is 16.9 Å². The molecule has 2 heterocycles. The third kappa shape index (κ3) is 3.46. The van der Waals surface area contributed by atoms with Gasteiger partial charge in [0.1, 0.15) is 5.01 Å². The summed E-state index contributed by atoms with van der Waals surface area (Å²) in [7, 11) is 0. The molecule has 106 valence electrons. The molecule has 1 N–H and O–H groups in total. The minimum absolute atomic E-state index is 0.111. The lowest BCUT2D eigenvalue weighted by Gasteiger charge is -2.22. The Morgan fingerprint density at radius 3 is 2.90 bits per heavy atom. The van der Waals surface area contributed by atoms with Gasteiger partial charge in [0.25, 0.3) is 0 Å². The van der Waals surface area contributed by atoms with Crippen LogP contribution < -0.4 is 5.32 Å². The van der Waals surface area contributed by atoms with Gasteiger partial charge in [0.05, 0.1) is 17.0 Å². The minimum atomic E-state index is 0.111. The van der Waals surface area contributed by atoms with Gasteiger partial charge in [-0.05, 0) is 24.3 Å². The molecule has 3 rings (SSSR count). The maximum Gasteiger partial charge on any atom is 0.226 e.